The van der Waals surface area contributed by atoms with Crippen LogP contribution < -0.4 is 10.6 Å². The normalized spacial score (nSPS) is 10.9. The number of hydrogen-bond acceptors (Lipinski definition) is 6. The Morgan fingerprint density at radius 3 is 1.21 bits per heavy atom. The molecule has 0 saturated carbocycles. The van der Waals surface area contributed by atoms with E-state index in [0.29, 0.717) is 0 Å². The van der Waals surface area contributed by atoms with Crippen molar-refractivity contribution in [2.45, 2.75) is 9.79 Å². The van der Waals surface area contributed by atoms with Crippen LogP contribution in [0.4, 0.5) is 11.4 Å². The predicted octanol–water partition coefficient (Wildman–Crippen LogP) is 4.42. The topological polar surface area (TPSA) is 167 Å². The number of nitrogens with one attached hydrogen (secondary N) is 2. The van der Waals surface area contributed by atoms with E-state index in [1.165, 1.54) is 97.1 Å². The Kier molecular flexibility index (Phi) is 7.54. The molecule has 0 aliphatic rings. The molecule has 0 aliphatic heterocycles. The van der Waals surface area contributed by atoms with E-state index < -0.39 is 33.6 Å². The second-order valence-electron chi connectivity index (χ2n) is 8.23. The maximum Gasteiger partial charge on any atom is 0.335 e. The summed E-state index contributed by atoms with van der Waals surface area (Å²) in [7, 11) is -3.97. The Morgan fingerprint density at radius 1 is 0.513 bits per heavy atom. The van der Waals surface area contributed by atoms with Crippen LogP contribution in [0.15, 0.2) is 107 Å². The number of sulfone groups is 1. The van der Waals surface area contributed by atoms with Crippen LogP contribution in [0.25, 0.3) is 0 Å². The minimum absolute atomic E-state index is 0.00475. The first-order valence-electron chi connectivity index (χ1n) is 11.3. The summed E-state index contributed by atoms with van der Waals surface area (Å²) in [6, 6.07) is 21.8. The number of amides is 2. The van der Waals surface area contributed by atoms with Gasteiger partial charge in [-0.2, -0.15) is 0 Å². The van der Waals surface area contributed by atoms with Crippen LogP contribution in [-0.2, 0) is 9.84 Å². The first kappa shape index (κ1) is 26.8. The van der Waals surface area contributed by atoms with Crippen molar-refractivity contribution in [3.05, 3.63) is 119 Å². The highest BCUT2D eigenvalue weighted by atomic mass is 32.2. The van der Waals surface area contributed by atoms with E-state index in [0.717, 1.165) is 0 Å². The fourth-order valence-corrected chi connectivity index (χ4v) is 4.83. The third kappa shape index (κ3) is 6.17. The summed E-state index contributed by atoms with van der Waals surface area (Å²) in [5, 5.41) is 23.3. The van der Waals surface area contributed by atoms with E-state index in [9.17, 15) is 27.6 Å². The summed E-state index contributed by atoms with van der Waals surface area (Å²) in [5.41, 5.74) is 0.878. The number of carboxylic acids is 2. The first-order valence-corrected chi connectivity index (χ1v) is 12.8. The fourth-order valence-electron chi connectivity index (χ4n) is 3.57. The summed E-state index contributed by atoms with van der Waals surface area (Å²) in [6.45, 7) is 0. The number of aromatic carboxylic acids is 2. The quantitative estimate of drug-likeness (QED) is 0.253. The maximum absolute atomic E-state index is 13.1. The summed E-state index contributed by atoms with van der Waals surface area (Å²) in [4.78, 5) is 47.1. The molecule has 196 valence electrons. The standard InChI is InChI=1S/C28H20N2O8S/c31-25(29-21-5-1-3-19(15-21)27(33)34)17-7-11-23(12-8-17)39(37,38)24-13-9-18(10-14-24)26(32)30-22-6-2-4-20(16-22)28(35)36/h1-16H,(H,29,31)(H,30,32)(H,33,34)(H,35,36). The molecule has 2 amide bonds. The summed E-state index contributed by atoms with van der Waals surface area (Å²) < 4.78 is 26.1. The Balaban J connectivity index is 1.46. The lowest BCUT2D eigenvalue weighted by molar-refractivity contribution is 0.0686. The fraction of sp³-hybridized carbons (Fsp3) is 0. The molecular formula is C28H20N2O8S. The van der Waals surface area contributed by atoms with Crippen LogP contribution in [0.5, 0.6) is 0 Å². The first-order chi connectivity index (χ1) is 18.5. The van der Waals surface area contributed by atoms with Gasteiger partial charge in [0.05, 0.1) is 20.9 Å². The summed E-state index contributed by atoms with van der Waals surface area (Å²) in [5.74, 6) is -3.38. The number of carbonyl (C=O) groups is 4. The van der Waals surface area contributed by atoms with Gasteiger partial charge in [0.2, 0.25) is 9.84 Å². The van der Waals surface area contributed by atoms with Gasteiger partial charge in [-0.05, 0) is 84.9 Å². The minimum Gasteiger partial charge on any atom is -0.478 e. The van der Waals surface area contributed by atoms with Gasteiger partial charge < -0.3 is 20.8 Å². The number of carboxylic acid groups (broad SMARTS) is 2. The molecule has 0 atom stereocenters. The van der Waals surface area contributed by atoms with E-state index in [1.807, 2.05) is 0 Å². The molecule has 0 radical (unpaired) electrons. The smallest absolute Gasteiger partial charge is 0.335 e. The summed E-state index contributed by atoms with van der Waals surface area (Å²) >= 11 is 0. The van der Waals surface area contributed by atoms with Gasteiger partial charge in [-0.1, -0.05) is 12.1 Å². The molecule has 0 aliphatic carbocycles. The van der Waals surface area contributed by atoms with Crippen molar-refractivity contribution < 1.29 is 37.8 Å². The van der Waals surface area contributed by atoms with Crippen molar-refractivity contribution in [1.29, 1.82) is 0 Å². The van der Waals surface area contributed by atoms with Gasteiger partial charge in [0, 0.05) is 22.5 Å². The average Bonchev–Trinajstić information content (AvgIpc) is 2.93. The lowest BCUT2D eigenvalue weighted by Crippen LogP contribution is -2.13. The molecule has 0 bridgehead atoms. The minimum atomic E-state index is -3.97. The highest BCUT2D eigenvalue weighted by Gasteiger charge is 2.19. The van der Waals surface area contributed by atoms with Crippen LogP contribution in [0.3, 0.4) is 0 Å². The predicted molar refractivity (Wildman–Crippen MR) is 141 cm³/mol. The number of carbonyl (C=O) groups excluding carboxylic acids is 2. The van der Waals surface area contributed by atoms with E-state index in [1.54, 1.807) is 0 Å². The summed E-state index contributed by atoms with van der Waals surface area (Å²) in [6.07, 6.45) is 0. The van der Waals surface area contributed by atoms with Gasteiger partial charge >= 0.3 is 11.9 Å². The number of rotatable bonds is 8. The number of benzene rings is 4. The zero-order valence-corrected chi connectivity index (χ0v) is 20.8. The largest absolute Gasteiger partial charge is 0.478 e. The van der Waals surface area contributed by atoms with Crippen LogP contribution in [-0.4, -0.2) is 42.4 Å². The Bertz CT molecular complexity index is 1580. The molecule has 0 fully saturated rings. The van der Waals surface area contributed by atoms with Crippen LogP contribution in [0, 0.1) is 0 Å². The van der Waals surface area contributed by atoms with Gasteiger partial charge in [-0.3, -0.25) is 9.59 Å². The highest BCUT2D eigenvalue weighted by molar-refractivity contribution is 7.91. The molecule has 0 aromatic heterocycles. The highest BCUT2D eigenvalue weighted by Crippen LogP contribution is 2.23. The lowest BCUT2D eigenvalue weighted by Gasteiger charge is -2.09. The SMILES string of the molecule is O=C(O)c1cccc(NC(=O)c2ccc(S(=O)(=O)c3ccc(C(=O)Nc4cccc(C(=O)O)c4)cc3)cc2)c1. The maximum atomic E-state index is 13.1. The molecule has 4 aromatic rings. The average molecular weight is 545 g/mol. The third-order valence-electron chi connectivity index (χ3n) is 5.59. The van der Waals surface area contributed by atoms with Crippen molar-refractivity contribution in [1.82, 2.24) is 0 Å². The number of hydrogen-bond donors (Lipinski definition) is 4. The zero-order valence-electron chi connectivity index (χ0n) is 20.0. The zero-order chi connectivity index (χ0) is 28.2. The van der Waals surface area contributed by atoms with Crippen molar-refractivity contribution in [3.8, 4) is 0 Å². The molecule has 10 nitrogen and oxygen atoms in total. The lowest BCUT2D eigenvalue weighted by atomic mass is 10.1. The molecule has 4 rings (SSSR count). The van der Waals surface area contributed by atoms with Gasteiger partial charge in [0.25, 0.3) is 11.8 Å². The van der Waals surface area contributed by atoms with E-state index in [-0.39, 0.29) is 43.4 Å². The van der Waals surface area contributed by atoms with Crippen LogP contribution in [0.2, 0.25) is 0 Å². The van der Waals surface area contributed by atoms with E-state index in [2.05, 4.69) is 10.6 Å². The molecular weight excluding hydrogens is 524 g/mol. The Morgan fingerprint density at radius 2 is 0.872 bits per heavy atom. The molecule has 0 spiro atoms. The van der Waals surface area contributed by atoms with Crippen molar-refractivity contribution in [3.63, 3.8) is 0 Å². The van der Waals surface area contributed by atoms with Crippen LogP contribution in [0.1, 0.15) is 41.4 Å². The Hall–Kier alpha value is -5.29. The molecule has 0 unspecified atom stereocenters. The Labute approximate surface area is 222 Å². The molecule has 11 heteroatoms. The van der Waals surface area contributed by atoms with Crippen molar-refractivity contribution in [2.24, 2.45) is 0 Å². The second-order valence-corrected chi connectivity index (χ2v) is 10.2. The molecule has 0 heterocycles. The van der Waals surface area contributed by atoms with Gasteiger partial charge in [0.15, 0.2) is 0 Å². The van der Waals surface area contributed by atoms with Gasteiger partial charge in [-0.25, -0.2) is 18.0 Å². The van der Waals surface area contributed by atoms with Crippen LogP contribution >= 0.6 is 0 Å². The van der Waals surface area contributed by atoms with Gasteiger partial charge in [0.1, 0.15) is 0 Å². The molecule has 4 aromatic carbocycles. The van der Waals surface area contributed by atoms with Crippen molar-refractivity contribution >= 4 is 45.0 Å². The third-order valence-corrected chi connectivity index (χ3v) is 7.37. The van der Waals surface area contributed by atoms with Gasteiger partial charge in [-0.15, -0.1) is 0 Å². The van der Waals surface area contributed by atoms with Crippen molar-refractivity contribution in [2.75, 3.05) is 10.6 Å². The van der Waals surface area contributed by atoms with E-state index in [4.69, 9.17) is 10.2 Å². The molecule has 4 N–H and O–H groups in total. The van der Waals surface area contributed by atoms with E-state index >= 15 is 0 Å². The second kappa shape index (κ2) is 11.0. The molecule has 39 heavy (non-hydrogen) atoms. The molecule has 0 saturated heterocycles. The number of anilines is 2. The monoisotopic (exact) mass is 544 g/mol.